The van der Waals surface area contributed by atoms with Crippen LogP contribution in [-0.2, 0) is 0 Å². The molecule has 2 aromatic heterocycles. The summed E-state index contributed by atoms with van der Waals surface area (Å²) in [5.74, 6) is 0.210. The summed E-state index contributed by atoms with van der Waals surface area (Å²) in [7, 11) is 0. The Morgan fingerprint density at radius 2 is 2.10 bits per heavy atom. The second kappa shape index (κ2) is 7.34. The van der Waals surface area contributed by atoms with Crippen molar-refractivity contribution >= 4 is 40.4 Å². The molecule has 2 aliphatic heterocycles. The van der Waals surface area contributed by atoms with Gasteiger partial charge in [0.15, 0.2) is 23.2 Å². The number of halogens is 4. The summed E-state index contributed by atoms with van der Waals surface area (Å²) < 4.78 is 52.6. The standard InChI is InChI=1S/C19H14ClF3N4O3S/c20-15-16(18(28)24-9-3-4-11-12(6-9)30-8-29-11)26-27-14(19(21,22)23)7-10(25-17(15)27)13-2-1-5-31-13/h1-6,10,14,25H,7-8H2,(H,24,28)/t10-,14-/m1/s1. The van der Waals surface area contributed by atoms with Gasteiger partial charge in [0, 0.05) is 23.1 Å². The first-order valence-electron chi connectivity index (χ1n) is 9.17. The van der Waals surface area contributed by atoms with Crippen LogP contribution < -0.4 is 20.1 Å². The average Bonchev–Trinajstić information content (AvgIpc) is 3.46. The van der Waals surface area contributed by atoms with Gasteiger partial charge < -0.3 is 20.1 Å². The Bertz CT molecular complexity index is 1150. The van der Waals surface area contributed by atoms with Crippen LogP contribution >= 0.6 is 22.9 Å². The molecular weight excluding hydrogens is 457 g/mol. The summed E-state index contributed by atoms with van der Waals surface area (Å²) in [6.45, 7) is 0.0717. The number of rotatable bonds is 3. The number of nitrogens with zero attached hydrogens (tertiary/aromatic N) is 2. The highest BCUT2D eigenvalue weighted by molar-refractivity contribution is 7.10. The van der Waals surface area contributed by atoms with Crippen LogP contribution in [0.1, 0.15) is 33.9 Å². The van der Waals surface area contributed by atoms with Gasteiger partial charge in [-0.15, -0.1) is 11.3 Å². The van der Waals surface area contributed by atoms with E-state index in [1.807, 2.05) is 0 Å². The summed E-state index contributed by atoms with van der Waals surface area (Å²) in [4.78, 5) is 13.5. The minimum Gasteiger partial charge on any atom is -0.454 e. The Kier molecular flexibility index (Phi) is 4.74. The number of benzene rings is 1. The van der Waals surface area contributed by atoms with Crippen LogP contribution in [0, 0.1) is 0 Å². The number of carbonyl (C=O) groups excluding carboxylic acids is 1. The van der Waals surface area contributed by atoms with Crippen LogP contribution in [-0.4, -0.2) is 28.7 Å². The van der Waals surface area contributed by atoms with Crippen molar-refractivity contribution in [3.8, 4) is 11.5 Å². The zero-order chi connectivity index (χ0) is 21.8. The van der Waals surface area contributed by atoms with Crippen molar-refractivity contribution in [2.24, 2.45) is 0 Å². The van der Waals surface area contributed by atoms with Crippen molar-refractivity contribution in [3.05, 3.63) is 51.3 Å². The smallest absolute Gasteiger partial charge is 0.410 e. The van der Waals surface area contributed by atoms with E-state index in [0.717, 1.165) is 9.56 Å². The third-order valence-electron chi connectivity index (χ3n) is 5.03. The van der Waals surface area contributed by atoms with Crippen LogP contribution in [0.15, 0.2) is 35.7 Å². The number of carbonyl (C=O) groups is 1. The number of amides is 1. The van der Waals surface area contributed by atoms with Gasteiger partial charge in [0.25, 0.3) is 5.91 Å². The van der Waals surface area contributed by atoms with E-state index in [4.69, 9.17) is 21.1 Å². The molecule has 31 heavy (non-hydrogen) atoms. The Labute approximate surface area is 182 Å². The second-order valence-electron chi connectivity index (χ2n) is 6.98. The van der Waals surface area contributed by atoms with Gasteiger partial charge in [0.05, 0.1) is 6.04 Å². The monoisotopic (exact) mass is 470 g/mol. The SMILES string of the molecule is O=C(Nc1ccc2c(c1)OCO2)c1nn2c(c1Cl)N[C@@H](c1cccs1)C[C@@H]2C(F)(F)F. The highest BCUT2D eigenvalue weighted by Crippen LogP contribution is 2.47. The van der Waals surface area contributed by atoms with E-state index in [-0.39, 0.29) is 29.7 Å². The molecule has 0 saturated heterocycles. The Hall–Kier alpha value is -2.92. The maximum Gasteiger partial charge on any atom is 0.410 e. The van der Waals surface area contributed by atoms with Gasteiger partial charge in [-0.25, -0.2) is 4.68 Å². The molecule has 0 bridgehead atoms. The Balaban J connectivity index is 1.47. The number of thiophene rings is 1. The summed E-state index contributed by atoms with van der Waals surface area (Å²) >= 11 is 7.67. The van der Waals surface area contributed by atoms with Crippen LogP contribution in [0.4, 0.5) is 24.7 Å². The van der Waals surface area contributed by atoms with Gasteiger partial charge in [0.1, 0.15) is 10.8 Å². The molecule has 4 heterocycles. The number of aromatic nitrogens is 2. The van der Waals surface area contributed by atoms with E-state index in [2.05, 4.69) is 15.7 Å². The summed E-state index contributed by atoms with van der Waals surface area (Å²) in [6.07, 6.45) is -4.83. The molecular formula is C19H14ClF3N4O3S. The molecule has 2 aliphatic rings. The minimum absolute atomic E-state index is 0.0375. The van der Waals surface area contributed by atoms with E-state index in [9.17, 15) is 18.0 Å². The third kappa shape index (κ3) is 3.57. The fraction of sp³-hybridized carbons (Fsp3) is 0.263. The van der Waals surface area contributed by atoms with Crippen LogP contribution in [0.3, 0.4) is 0 Å². The molecule has 2 N–H and O–H groups in total. The first-order valence-corrected chi connectivity index (χ1v) is 10.4. The minimum atomic E-state index is -4.56. The fourth-order valence-corrected chi connectivity index (χ4v) is 4.63. The zero-order valence-electron chi connectivity index (χ0n) is 15.6. The van der Waals surface area contributed by atoms with Crippen molar-refractivity contribution in [1.29, 1.82) is 0 Å². The summed E-state index contributed by atoms with van der Waals surface area (Å²) in [5.41, 5.74) is 0.0657. The lowest BCUT2D eigenvalue weighted by Gasteiger charge is -2.32. The van der Waals surface area contributed by atoms with Crippen molar-refractivity contribution in [2.45, 2.75) is 24.7 Å². The lowest BCUT2D eigenvalue weighted by molar-refractivity contribution is -0.173. The molecule has 1 aromatic carbocycles. The van der Waals surface area contributed by atoms with Gasteiger partial charge in [0.2, 0.25) is 6.79 Å². The lowest BCUT2D eigenvalue weighted by atomic mass is 10.0. The molecule has 7 nitrogen and oxygen atoms in total. The number of anilines is 2. The number of ether oxygens (including phenoxy) is 2. The molecule has 12 heteroatoms. The van der Waals surface area contributed by atoms with Crippen LogP contribution in [0.5, 0.6) is 11.5 Å². The number of hydrogen-bond donors (Lipinski definition) is 2. The molecule has 0 fully saturated rings. The molecule has 3 aromatic rings. The maximum absolute atomic E-state index is 13.8. The number of hydrogen-bond acceptors (Lipinski definition) is 6. The predicted molar refractivity (Wildman–Crippen MR) is 108 cm³/mol. The number of nitrogens with one attached hydrogen (secondary N) is 2. The van der Waals surface area contributed by atoms with Crippen LogP contribution in [0.2, 0.25) is 5.02 Å². The average molecular weight is 471 g/mol. The van der Waals surface area contributed by atoms with Crippen molar-refractivity contribution < 1.29 is 27.4 Å². The van der Waals surface area contributed by atoms with Crippen molar-refractivity contribution in [1.82, 2.24) is 9.78 Å². The van der Waals surface area contributed by atoms with Gasteiger partial charge in [-0.05, 0) is 23.6 Å². The number of fused-ring (bicyclic) bond motifs is 2. The predicted octanol–water partition coefficient (Wildman–Crippen LogP) is 5.24. The van der Waals surface area contributed by atoms with E-state index >= 15 is 0 Å². The van der Waals surface area contributed by atoms with E-state index in [1.165, 1.54) is 11.3 Å². The first kappa shape index (κ1) is 20.0. The Morgan fingerprint density at radius 1 is 1.29 bits per heavy atom. The number of alkyl halides is 3. The van der Waals surface area contributed by atoms with E-state index in [0.29, 0.717) is 17.2 Å². The third-order valence-corrected chi connectivity index (χ3v) is 6.37. The molecule has 0 saturated carbocycles. The first-order chi connectivity index (χ1) is 14.8. The maximum atomic E-state index is 13.8. The van der Waals surface area contributed by atoms with E-state index in [1.54, 1.807) is 35.7 Å². The highest BCUT2D eigenvalue weighted by Gasteiger charge is 2.48. The molecule has 1 amide bonds. The van der Waals surface area contributed by atoms with E-state index < -0.39 is 24.2 Å². The molecule has 0 unspecified atom stereocenters. The lowest BCUT2D eigenvalue weighted by Crippen LogP contribution is -2.35. The summed E-state index contributed by atoms with van der Waals surface area (Å²) in [5, 5.41) is 11.1. The molecule has 0 radical (unpaired) electrons. The highest BCUT2D eigenvalue weighted by atomic mass is 35.5. The molecule has 0 spiro atoms. The van der Waals surface area contributed by atoms with Gasteiger partial charge in [-0.2, -0.15) is 18.3 Å². The second-order valence-corrected chi connectivity index (χ2v) is 8.34. The largest absolute Gasteiger partial charge is 0.454 e. The van der Waals surface area contributed by atoms with Crippen molar-refractivity contribution in [3.63, 3.8) is 0 Å². The van der Waals surface area contributed by atoms with Gasteiger partial charge in [-0.3, -0.25) is 4.79 Å². The fourth-order valence-electron chi connectivity index (χ4n) is 3.58. The molecule has 162 valence electrons. The molecule has 0 aliphatic carbocycles. The zero-order valence-corrected chi connectivity index (χ0v) is 17.1. The molecule has 2 atom stereocenters. The van der Waals surface area contributed by atoms with Gasteiger partial charge >= 0.3 is 6.18 Å². The van der Waals surface area contributed by atoms with Crippen molar-refractivity contribution in [2.75, 3.05) is 17.4 Å². The quantitative estimate of drug-likeness (QED) is 0.547. The topological polar surface area (TPSA) is 77.4 Å². The summed E-state index contributed by atoms with van der Waals surface area (Å²) in [6, 6.07) is 5.75. The Morgan fingerprint density at radius 3 is 2.84 bits per heavy atom. The molecule has 5 rings (SSSR count). The normalized spacial score (nSPS) is 19.6. The van der Waals surface area contributed by atoms with Gasteiger partial charge in [-0.1, -0.05) is 17.7 Å². The van der Waals surface area contributed by atoms with Crippen LogP contribution in [0.25, 0.3) is 0 Å².